The number of rotatable bonds is 4. The van der Waals surface area contributed by atoms with Crippen LogP contribution in [-0.4, -0.2) is 33.4 Å². The van der Waals surface area contributed by atoms with Gasteiger partial charge in [0.2, 0.25) is 0 Å². The quantitative estimate of drug-likeness (QED) is 0.674. The molecule has 1 aliphatic carbocycles. The zero-order chi connectivity index (χ0) is 20.4. The monoisotopic (exact) mass is 393 g/mol. The molecule has 29 heavy (non-hydrogen) atoms. The van der Waals surface area contributed by atoms with E-state index in [-0.39, 0.29) is 35.4 Å². The van der Waals surface area contributed by atoms with E-state index in [0.29, 0.717) is 5.65 Å². The van der Waals surface area contributed by atoms with Crippen molar-refractivity contribution in [1.29, 1.82) is 0 Å². The minimum atomic E-state index is -0.367. The summed E-state index contributed by atoms with van der Waals surface area (Å²) in [6.45, 7) is 0.223. The van der Waals surface area contributed by atoms with Crippen LogP contribution in [0.4, 0.5) is 4.39 Å². The van der Waals surface area contributed by atoms with Crippen LogP contribution in [0.25, 0.3) is 11.0 Å². The molecule has 6 heteroatoms. The van der Waals surface area contributed by atoms with E-state index in [0.717, 1.165) is 36.6 Å². The van der Waals surface area contributed by atoms with E-state index in [1.165, 1.54) is 23.1 Å². The van der Waals surface area contributed by atoms with Gasteiger partial charge in [0.15, 0.2) is 0 Å². The molecule has 0 aliphatic heterocycles. The number of halogens is 1. The summed E-state index contributed by atoms with van der Waals surface area (Å²) in [5, 5.41) is 0.731. The van der Waals surface area contributed by atoms with Crippen molar-refractivity contribution in [3.05, 3.63) is 76.0 Å². The Bertz CT molecular complexity index is 1090. The van der Waals surface area contributed by atoms with Crippen LogP contribution >= 0.6 is 0 Å². The van der Waals surface area contributed by atoms with Crippen LogP contribution in [-0.2, 0) is 6.54 Å². The van der Waals surface area contributed by atoms with E-state index in [4.69, 9.17) is 0 Å². The molecule has 0 saturated heterocycles. The molecule has 150 valence electrons. The third-order valence-corrected chi connectivity index (χ3v) is 5.78. The van der Waals surface area contributed by atoms with Crippen LogP contribution in [0.5, 0.6) is 0 Å². The largest absolute Gasteiger partial charge is 0.339 e. The first-order valence-corrected chi connectivity index (χ1v) is 10.0. The van der Waals surface area contributed by atoms with Gasteiger partial charge in [0.25, 0.3) is 11.5 Å². The minimum absolute atomic E-state index is 0.153. The molecule has 1 amide bonds. The van der Waals surface area contributed by atoms with Crippen LogP contribution in [0.3, 0.4) is 0 Å². The number of carbonyl (C=O) groups is 1. The Morgan fingerprint density at radius 3 is 2.62 bits per heavy atom. The molecular formula is C23H24FN3O2. The molecule has 0 unspecified atom stereocenters. The van der Waals surface area contributed by atoms with Crippen LogP contribution in [0, 0.1) is 5.82 Å². The molecule has 5 nitrogen and oxygen atoms in total. The van der Waals surface area contributed by atoms with Gasteiger partial charge in [-0.05, 0) is 48.7 Å². The lowest BCUT2D eigenvalue weighted by Crippen LogP contribution is -2.41. The standard InChI is InChI=1S/C23H24FN3O2/c1-26(19-7-3-2-4-8-19)22(28)20-14-17-6-5-13-25-21(17)27(23(20)29)15-16-9-11-18(24)12-10-16/h5-6,9-14,19H,2-4,7-8,15H2,1H3. The lowest BCUT2D eigenvalue weighted by atomic mass is 9.94. The van der Waals surface area contributed by atoms with Crippen molar-refractivity contribution in [2.24, 2.45) is 0 Å². The topological polar surface area (TPSA) is 55.2 Å². The maximum atomic E-state index is 13.3. The van der Waals surface area contributed by atoms with Crippen LogP contribution < -0.4 is 5.56 Å². The second-order valence-electron chi connectivity index (χ2n) is 7.70. The fourth-order valence-corrected chi connectivity index (χ4v) is 4.10. The zero-order valence-electron chi connectivity index (χ0n) is 16.5. The average molecular weight is 393 g/mol. The van der Waals surface area contributed by atoms with Gasteiger partial charge in [-0.2, -0.15) is 0 Å². The molecule has 0 radical (unpaired) electrons. The zero-order valence-corrected chi connectivity index (χ0v) is 16.5. The second-order valence-corrected chi connectivity index (χ2v) is 7.70. The highest BCUT2D eigenvalue weighted by atomic mass is 19.1. The molecular weight excluding hydrogens is 369 g/mol. The highest BCUT2D eigenvalue weighted by molar-refractivity contribution is 5.97. The van der Waals surface area contributed by atoms with Gasteiger partial charge in [-0.15, -0.1) is 0 Å². The Morgan fingerprint density at radius 2 is 1.90 bits per heavy atom. The molecule has 1 fully saturated rings. The Kier molecular flexibility index (Phi) is 5.43. The average Bonchev–Trinajstić information content (AvgIpc) is 2.76. The van der Waals surface area contributed by atoms with Crippen molar-refractivity contribution >= 4 is 16.9 Å². The summed E-state index contributed by atoms with van der Waals surface area (Å²) >= 11 is 0. The molecule has 2 aromatic heterocycles. The van der Waals surface area contributed by atoms with Gasteiger partial charge in [0.05, 0.1) is 6.54 Å². The van der Waals surface area contributed by atoms with Crippen LogP contribution in [0.2, 0.25) is 0 Å². The smallest absolute Gasteiger partial charge is 0.265 e. The number of nitrogens with zero attached hydrogens (tertiary/aromatic N) is 3. The van der Waals surface area contributed by atoms with Gasteiger partial charge < -0.3 is 4.90 Å². The summed E-state index contributed by atoms with van der Waals surface area (Å²) in [6, 6.07) is 11.5. The number of fused-ring (bicyclic) bond motifs is 1. The van der Waals surface area contributed by atoms with Crippen molar-refractivity contribution in [1.82, 2.24) is 14.5 Å². The first-order valence-electron chi connectivity index (χ1n) is 10.0. The van der Waals surface area contributed by atoms with E-state index in [9.17, 15) is 14.0 Å². The summed E-state index contributed by atoms with van der Waals surface area (Å²) < 4.78 is 14.8. The van der Waals surface area contributed by atoms with E-state index in [1.54, 1.807) is 42.4 Å². The van der Waals surface area contributed by atoms with Gasteiger partial charge in [0.1, 0.15) is 17.0 Å². The van der Waals surface area contributed by atoms with Gasteiger partial charge in [-0.1, -0.05) is 31.4 Å². The van der Waals surface area contributed by atoms with E-state index in [2.05, 4.69) is 4.98 Å². The Labute approximate surface area is 168 Å². The molecule has 2 heterocycles. The number of pyridine rings is 2. The van der Waals surface area contributed by atoms with Crippen molar-refractivity contribution in [2.45, 2.75) is 44.7 Å². The normalized spacial score (nSPS) is 14.8. The molecule has 1 saturated carbocycles. The number of benzene rings is 1. The SMILES string of the molecule is CN(C(=O)c1cc2cccnc2n(Cc2ccc(F)cc2)c1=O)C1CCCCC1. The molecule has 0 N–H and O–H groups in total. The minimum Gasteiger partial charge on any atom is -0.339 e. The van der Waals surface area contributed by atoms with Crippen molar-refractivity contribution < 1.29 is 9.18 Å². The fourth-order valence-electron chi connectivity index (χ4n) is 4.10. The van der Waals surface area contributed by atoms with E-state index in [1.807, 2.05) is 6.07 Å². The molecule has 0 atom stereocenters. The highest BCUT2D eigenvalue weighted by Gasteiger charge is 2.26. The lowest BCUT2D eigenvalue weighted by Gasteiger charge is -2.31. The predicted molar refractivity (Wildman–Crippen MR) is 110 cm³/mol. The first kappa shape index (κ1) is 19.3. The van der Waals surface area contributed by atoms with E-state index < -0.39 is 0 Å². The molecule has 1 aromatic carbocycles. The Balaban J connectivity index is 1.76. The van der Waals surface area contributed by atoms with Gasteiger partial charge in [0, 0.05) is 24.7 Å². The molecule has 3 aromatic rings. The number of aromatic nitrogens is 2. The Morgan fingerprint density at radius 1 is 1.17 bits per heavy atom. The Hall–Kier alpha value is -3.02. The third kappa shape index (κ3) is 3.92. The number of hydrogen-bond donors (Lipinski definition) is 0. The summed E-state index contributed by atoms with van der Waals surface area (Å²) in [4.78, 5) is 32.6. The van der Waals surface area contributed by atoms with Crippen LogP contribution in [0.15, 0.2) is 53.5 Å². The third-order valence-electron chi connectivity index (χ3n) is 5.78. The highest BCUT2D eigenvalue weighted by Crippen LogP contribution is 2.23. The fraction of sp³-hybridized carbons (Fsp3) is 0.348. The number of carbonyl (C=O) groups excluding carboxylic acids is 1. The van der Waals surface area contributed by atoms with Crippen molar-refractivity contribution in [3.8, 4) is 0 Å². The molecule has 0 spiro atoms. The second kappa shape index (κ2) is 8.15. The van der Waals surface area contributed by atoms with Crippen LogP contribution in [0.1, 0.15) is 48.0 Å². The summed E-state index contributed by atoms with van der Waals surface area (Å²) in [5.74, 6) is -0.581. The van der Waals surface area contributed by atoms with Crippen molar-refractivity contribution in [3.63, 3.8) is 0 Å². The van der Waals surface area contributed by atoms with Crippen molar-refractivity contribution in [2.75, 3.05) is 7.05 Å². The van der Waals surface area contributed by atoms with Gasteiger partial charge >= 0.3 is 0 Å². The lowest BCUT2D eigenvalue weighted by molar-refractivity contribution is 0.0694. The molecule has 4 rings (SSSR count). The maximum Gasteiger partial charge on any atom is 0.265 e. The van der Waals surface area contributed by atoms with Gasteiger partial charge in [-0.3, -0.25) is 14.2 Å². The number of hydrogen-bond acceptors (Lipinski definition) is 3. The maximum absolute atomic E-state index is 13.3. The molecule has 1 aliphatic rings. The number of amides is 1. The predicted octanol–water partition coefficient (Wildman–Crippen LogP) is 3.99. The summed E-state index contributed by atoms with van der Waals surface area (Å²) in [5.41, 5.74) is 1.07. The summed E-state index contributed by atoms with van der Waals surface area (Å²) in [7, 11) is 1.79. The first-order chi connectivity index (χ1) is 14.0. The molecule has 0 bridgehead atoms. The van der Waals surface area contributed by atoms with E-state index >= 15 is 0 Å². The summed E-state index contributed by atoms with van der Waals surface area (Å²) in [6.07, 6.45) is 6.99. The van der Waals surface area contributed by atoms with Gasteiger partial charge in [-0.25, -0.2) is 9.37 Å².